The van der Waals surface area contributed by atoms with Crippen LogP contribution in [0.5, 0.6) is 0 Å². The fourth-order valence-corrected chi connectivity index (χ4v) is 6.84. The van der Waals surface area contributed by atoms with E-state index in [-0.39, 0.29) is 36.6 Å². The molecule has 2 heterocycles. The number of fused-ring (bicyclic) bond motifs is 3. The monoisotopic (exact) mass is 472 g/mol. The molecule has 5 fully saturated rings. The molecule has 5 aliphatic rings. The molecule has 2 atom stereocenters. The van der Waals surface area contributed by atoms with Gasteiger partial charge in [0.15, 0.2) is 0 Å². The van der Waals surface area contributed by atoms with Gasteiger partial charge in [-0.2, -0.15) is 0 Å². The third-order valence-electron chi connectivity index (χ3n) is 8.12. The van der Waals surface area contributed by atoms with E-state index in [1.165, 1.54) is 0 Å². The standard InChI is InChI=1S/C25H26F2N2O3S/c1-33(31,32)28-22-20(10-16-8-5-9-19(21(16)26)15-6-3-2-4-7-15)29(18-13-25(22,27)14-18)23(30)24-11-17(24)12-24/h2-9,17-18,20,22,28H,10-14H2,1H3/t17-,18?,20-,22+,24+,25?/m0/s1. The average molecular weight is 473 g/mol. The highest BCUT2D eigenvalue weighted by atomic mass is 32.2. The van der Waals surface area contributed by atoms with Crippen LogP contribution in [0, 0.1) is 17.2 Å². The molecule has 3 saturated carbocycles. The summed E-state index contributed by atoms with van der Waals surface area (Å²) in [6.45, 7) is 0. The first-order chi connectivity index (χ1) is 15.6. The smallest absolute Gasteiger partial charge is 0.229 e. The maximum Gasteiger partial charge on any atom is 0.229 e. The number of alkyl halides is 1. The van der Waals surface area contributed by atoms with Gasteiger partial charge in [0.25, 0.3) is 0 Å². The summed E-state index contributed by atoms with van der Waals surface area (Å²) in [6.07, 6.45) is 2.99. The summed E-state index contributed by atoms with van der Waals surface area (Å²) in [5.74, 6) is -0.0262. The third-order valence-corrected chi connectivity index (χ3v) is 8.80. The molecule has 0 aromatic heterocycles. The van der Waals surface area contributed by atoms with Gasteiger partial charge in [0.1, 0.15) is 11.5 Å². The second-order valence-corrected chi connectivity index (χ2v) is 12.1. The summed E-state index contributed by atoms with van der Waals surface area (Å²) in [5.41, 5.74) is -0.554. The van der Waals surface area contributed by atoms with Crippen molar-refractivity contribution in [1.82, 2.24) is 9.62 Å². The number of benzene rings is 2. The fraction of sp³-hybridized carbons (Fsp3) is 0.480. The minimum atomic E-state index is -3.74. The number of carbonyl (C=O) groups is 1. The number of halogens is 2. The van der Waals surface area contributed by atoms with Gasteiger partial charge in [0, 0.05) is 24.4 Å². The first-order valence-corrected chi connectivity index (χ1v) is 13.3. The number of sulfonamides is 1. The van der Waals surface area contributed by atoms with Gasteiger partial charge in [-0.25, -0.2) is 21.9 Å². The molecular formula is C25H26F2N2O3S. The SMILES string of the molecule is CS(=O)(=O)N[C@@H]1[C@H](Cc2cccc(-c3ccccc3)c2F)N(C(=O)[C@]23C[C@@H]2C3)C2CC1(F)C2. The summed E-state index contributed by atoms with van der Waals surface area (Å²) in [7, 11) is -3.74. The molecule has 2 aromatic rings. The molecule has 2 aliphatic heterocycles. The lowest BCUT2D eigenvalue weighted by Crippen LogP contribution is -2.77. The van der Waals surface area contributed by atoms with Crippen molar-refractivity contribution in [2.24, 2.45) is 11.3 Å². The van der Waals surface area contributed by atoms with Gasteiger partial charge in [-0.05, 0) is 36.3 Å². The van der Waals surface area contributed by atoms with Gasteiger partial charge in [0.2, 0.25) is 15.9 Å². The van der Waals surface area contributed by atoms with Crippen molar-refractivity contribution in [2.45, 2.75) is 55.9 Å². The normalized spacial score (nSPS) is 36.0. The van der Waals surface area contributed by atoms with Crippen molar-refractivity contribution in [2.75, 3.05) is 6.26 Å². The van der Waals surface area contributed by atoms with Crippen molar-refractivity contribution in [1.29, 1.82) is 0 Å². The van der Waals surface area contributed by atoms with Crippen LogP contribution < -0.4 is 4.72 Å². The molecule has 1 amide bonds. The number of rotatable bonds is 6. The summed E-state index contributed by atoms with van der Waals surface area (Å²) >= 11 is 0. The summed E-state index contributed by atoms with van der Waals surface area (Å²) in [5, 5.41) is 0. The Morgan fingerprint density at radius 2 is 1.76 bits per heavy atom. The Hall–Kier alpha value is -2.32. The molecule has 3 aliphatic carbocycles. The topological polar surface area (TPSA) is 66.5 Å². The van der Waals surface area contributed by atoms with E-state index in [9.17, 15) is 13.2 Å². The van der Waals surface area contributed by atoms with Crippen LogP contribution in [-0.2, 0) is 21.2 Å². The van der Waals surface area contributed by atoms with Crippen molar-refractivity contribution in [3.63, 3.8) is 0 Å². The molecule has 2 saturated heterocycles. The minimum Gasteiger partial charge on any atom is -0.334 e. The highest BCUT2D eigenvalue weighted by Gasteiger charge is 2.77. The van der Waals surface area contributed by atoms with E-state index in [0.717, 1.165) is 24.7 Å². The summed E-state index contributed by atoms with van der Waals surface area (Å²) in [4.78, 5) is 15.2. The Kier molecular flexibility index (Phi) is 4.41. The summed E-state index contributed by atoms with van der Waals surface area (Å²) < 4.78 is 58.1. The largest absolute Gasteiger partial charge is 0.334 e. The predicted molar refractivity (Wildman–Crippen MR) is 120 cm³/mol. The number of hydrogen-bond donors (Lipinski definition) is 1. The highest BCUT2D eigenvalue weighted by molar-refractivity contribution is 7.88. The second-order valence-electron chi connectivity index (χ2n) is 10.4. The van der Waals surface area contributed by atoms with Crippen LogP contribution in [-0.4, -0.2) is 49.3 Å². The number of hydrogen-bond acceptors (Lipinski definition) is 3. The average Bonchev–Trinajstić information content (AvgIpc) is 3.61. The Morgan fingerprint density at radius 1 is 1.09 bits per heavy atom. The maximum absolute atomic E-state index is 15.7. The van der Waals surface area contributed by atoms with Gasteiger partial charge in [0.05, 0.1) is 23.8 Å². The van der Waals surface area contributed by atoms with E-state index < -0.39 is 33.6 Å². The van der Waals surface area contributed by atoms with Gasteiger partial charge in [-0.3, -0.25) is 4.79 Å². The second kappa shape index (κ2) is 6.85. The number of amides is 1. The van der Waals surface area contributed by atoms with Crippen molar-refractivity contribution in [3.8, 4) is 11.1 Å². The molecule has 33 heavy (non-hydrogen) atoms. The molecule has 2 bridgehead atoms. The Labute approximate surface area is 192 Å². The molecule has 0 unspecified atom stereocenters. The fourth-order valence-electron chi connectivity index (χ4n) is 6.01. The first-order valence-electron chi connectivity index (χ1n) is 11.4. The Bertz CT molecular complexity index is 1240. The first kappa shape index (κ1) is 21.2. The van der Waals surface area contributed by atoms with Crippen LogP contribution in [0.2, 0.25) is 0 Å². The van der Waals surface area contributed by atoms with Gasteiger partial charge >= 0.3 is 0 Å². The molecule has 2 aromatic carbocycles. The third kappa shape index (κ3) is 3.33. The van der Waals surface area contributed by atoms with E-state index in [1.807, 2.05) is 30.3 Å². The van der Waals surface area contributed by atoms with Crippen LogP contribution in [0.15, 0.2) is 48.5 Å². The summed E-state index contributed by atoms with van der Waals surface area (Å²) in [6, 6.07) is 12.1. The van der Waals surface area contributed by atoms with Crippen molar-refractivity contribution in [3.05, 3.63) is 59.9 Å². The van der Waals surface area contributed by atoms with E-state index in [0.29, 0.717) is 17.0 Å². The van der Waals surface area contributed by atoms with Crippen LogP contribution >= 0.6 is 0 Å². The zero-order valence-corrected chi connectivity index (χ0v) is 19.1. The van der Waals surface area contributed by atoms with Crippen molar-refractivity contribution >= 4 is 15.9 Å². The van der Waals surface area contributed by atoms with Crippen LogP contribution in [0.1, 0.15) is 31.2 Å². The van der Waals surface area contributed by atoms with E-state index >= 15 is 8.78 Å². The Balaban J connectivity index is 1.39. The molecule has 8 heteroatoms. The lowest BCUT2D eigenvalue weighted by molar-refractivity contribution is -0.170. The molecule has 5 nitrogen and oxygen atoms in total. The number of carbonyl (C=O) groups excluding carboxylic acids is 1. The van der Waals surface area contributed by atoms with Gasteiger partial charge in [-0.15, -0.1) is 0 Å². The Morgan fingerprint density at radius 3 is 2.36 bits per heavy atom. The van der Waals surface area contributed by atoms with Crippen LogP contribution in [0.3, 0.4) is 0 Å². The number of nitrogens with zero attached hydrogens (tertiary/aromatic N) is 1. The van der Waals surface area contributed by atoms with E-state index in [4.69, 9.17) is 0 Å². The molecule has 0 spiro atoms. The van der Waals surface area contributed by atoms with Gasteiger partial charge < -0.3 is 4.90 Å². The molecular weight excluding hydrogens is 446 g/mol. The zero-order chi connectivity index (χ0) is 23.2. The lowest BCUT2D eigenvalue weighted by atomic mass is 9.64. The minimum absolute atomic E-state index is 0.0100. The van der Waals surface area contributed by atoms with Crippen LogP contribution in [0.4, 0.5) is 8.78 Å². The molecule has 7 rings (SSSR count). The van der Waals surface area contributed by atoms with Crippen LogP contribution in [0.25, 0.3) is 11.1 Å². The lowest BCUT2D eigenvalue weighted by Gasteiger charge is -2.61. The molecule has 174 valence electrons. The van der Waals surface area contributed by atoms with E-state index in [2.05, 4.69) is 4.72 Å². The maximum atomic E-state index is 15.7. The number of piperidine rings is 2. The van der Waals surface area contributed by atoms with E-state index in [1.54, 1.807) is 23.1 Å². The highest BCUT2D eigenvalue weighted by Crippen LogP contribution is 2.76. The van der Waals surface area contributed by atoms with Gasteiger partial charge in [-0.1, -0.05) is 48.5 Å². The molecule has 1 N–H and O–H groups in total. The number of nitrogens with one attached hydrogen (secondary N) is 1. The quantitative estimate of drug-likeness (QED) is 0.701. The molecule has 0 radical (unpaired) electrons. The predicted octanol–water partition coefficient (Wildman–Crippen LogP) is 3.44. The van der Waals surface area contributed by atoms with Crippen molar-refractivity contribution < 1.29 is 22.0 Å². The zero-order valence-electron chi connectivity index (χ0n) is 18.3.